The zero-order chi connectivity index (χ0) is 29.0. The molecule has 40 heavy (non-hydrogen) atoms. The van der Waals surface area contributed by atoms with Crippen LogP contribution < -0.4 is 21.9 Å². The number of allylic oxidation sites excluding steroid dienone is 1. The number of aryl methyl sites for hydroxylation is 3. The average Bonchev–Trinajstić information content (AvgIpc) is 2.85. The maximum absolute atomic E-state index is 13.6. The van der Waals surface area contributed by atoms with Gasteiger partial charge in [0.15, 0.2) is 0 Å². The minimum atomic E-state index is -0.350. The molecule has 0 aliphatic rings. The fraction of sp³-hybridized carbons (Fsp3) is 0.323. The largest absolute Gasteiger partial charge is 0.369 e. The second kappa shape index (κ2) is 11.7. The van der Waals surface area contributed by atoms with Gasteiger partial charge in [0, 0.05) is 30.1 Å². The third-order valence-electron chi connectivity index (χ3n) is 6.41. The van der Waals surface area contributed by atoms with Crippen LogP contribution in [0.15, 0.2) is 59.4 Å². The van der Waals surface area contributed by atoms with Gasteiger partial charge in [-0.3, -0.25) is 14.2 Å². The fourth-order valence-corrected chi connectivity index (χ4v) is 4.78. The molecule has 0 spiro atoms. The van der Waals surface area contributed by atoms with Crippen molar-refractivity contribution in [3.63, 3.8) is 0 Å². The molecular weight excluding hydrogens is 502 g/mol. The summed E-state index contributed by atoms with van der Waals surface area (Å²) in [5.74, 6) is 1.21. The van der Waals surface area contributed by atoms with Crippen molar-refractivity contribution in [1.29, 1.82) is 0 Å². The molecule has 0 fully saturated rings. The number of nitrogens with two attached hydrogens (primary N) is 1. The van der Waals surface area contributed by atoms with Crippen LogP contribution in [0.1, 0.15) is 56.8 Å². The number of aromatic nitrogens is 4. The van der Waals surface area contributed by atoms with Gasteiger partial charge in [0.05, 0.1) is 22.3 Å². The number of nitrogens with zero attached hydrogens (tertiary/aromatic N) is 4. The van der Waals surface area contributed by atoms with E-state index in [4.69, 9.17) is 10.7 Å². The lowest BCUT2D eigenvalue weighted by atomic mass is 10.0. The first kappa shape index (κ1) is 28.5. The van der Waals surface area contributed by atoms with Gasteiger partial charge in [0.1, 0.15) is 11.6 Å². The third-order valence-corrected chi connectivity index (χ3v) is 6.41. The number of rotatable bonds is 8. The molecule has 0 atom stereocenters. The summed E-state index contributed by atoms with van der Waals surface area (Å²) in [6, 6.07) is 15.3. The van der Waals surface area contributed by atoms with Crippen LogP contribution in [0.3, 0.4) is 0 Å². The number of carbonyl (C=O) groups is 1. The number of amides is 1. The molecule has 0 saturated carbocycles. The molecule has 0 aliphatic heterocycles. The molecule has 0 unspecified atom stereocenters. The van der Waals surface area contributed by atoms with Gasteiger partial charge in [0.25, 0.3) is 5.56 Å². The number of anilines is 2. The van der Waals surface area contributed by atoms with Crippen LogP contribution in [0.2, 0.25) is 0 Å². The maximum atomic E-state index is 13.6. The Morgan fingerprint density at radius 1 is 1.02 bits per heavy atom. The molecule has 4 N–H and O–H groups in total. The molecule has 4 rings (SSSR count). The number of nitrogen functional groups attached to an aromatic ring is 1. The summed E-state index contributed by atoms with van der Waals surface area (Å²) >= 11 is 0. The number of nitrogens with one attached hydrogen (secondary N) is 2. The molecule has 9 heteroatoms. The van der Waals surface area contributed by atoms with Gasteiger partial charge in [0.2, 0.25) is 11.9 Å². The van der Waals surface area contributed by atoms with Crippen molar-refractivity contribution in [3.05, 3.63) is 87.6 Å². The molecule has 2 aromatic heterocycles. The van der Waals surface area contributed by atoms with E-state index in [1.807, 2.05) is 90.1 Å². The van der Waals surface area contributed by atoms with E-state index in [0.717, 1.165) is 22.4 Å². The lowest BCUT2D eigenvalue weighted by Gasteiger charge is -2.20. The molecule has 208 valence electrons. The molecule has 2 aromatic carbocycles. The van der Waals surface area contributed by atoms with Crippen molar-refractivity contribution in [2.75, 3.05) is 17.6 Å². The van der Waals surface area contributed by atoms with Gasteiger partial charge in [-0.15, -0.1) is 0 Å². The van der Waals surface area contributed by atoms with Crippen LogP contribution in [0, 0.1) is 13.8 Å². The number of carbonyl (C=O) groups excluding carboxylic acids is 1. The Hall–Kier alpha value is -4.53. The summed E-state index contributed by atoms with van der Waals surface area (Å²) in [5.41, 5.74) is 10.1. The predicted molar refractivity (Wildman–Crippen MR) is 162 cm³/mol. The average molecular weight is 540 g/mol. The van der Waals surface area contributed by atoms with E-state index < -0.39 is 0 Å². The van der Waals surface area contributed by atoms with E-state index >= 15 is 0 Å². The predicted octanol–water partition coefficient (Wildman–Crippen LogP) is 4.74. The lowest BCUT2D eigenvalue weighted by molar-refractivity contribution is -0.117. The van der Waals surface area contributed by atoms with Gasteiger partial charge in [-0.05, 0) is 77.3 Å². The molecular formula is C31H37N7O2. The van der Waals surface area contributed by atoms with Gasteiger partial charge in [-0.1, -0.05) is 30.3 Å². The Labute approximate surface area is 234 Å². The lowest BCUT2D eigenvalue weighted by Crippen LogP contribution is -2.39. The van der Waals surface area contributed by atoms with Crippen molar-refractivity contribution in [1.82, 2.24) is 24.8 Å². The van der Waals surface area contributed by atoms with Crippen LogP contribution in [0.4, 0.5) is 11.8 Å². The zero-order valence-electron chi connectivity index (χ0n) is 24.0. The molecule has 9 nitrogen and oxygen atoms in total. The summed E-state index contributed by atoms with van der Waals surface area (Å²) in [4.78, 5) is 39.8. The Morgan fingerprint density at radius 3 is 2.45 bits per heavy atom. The Bertz CT molecular complexity index is 1630. The van der Waals surface area contributed by atoms with Crippen LogP contribution in [0.25, 0.3) is 22.2 Å². The van der Waals surface area contributed by atoms with Crippen molar-refractivity contribution in [2.45, 2.75) is 59.9 Å². The van der Waals surface area contributed by atoms with Crippen LogP contribution in [-0.2, 0) is 11.2 Å². The molecule has 0 radical (unpaired) electrons. The highest BCUT2D eigenvalue weighted by Gasteiger charge is 2.17. The van der Waals surface area contributed by atoms with E-state index in [1.54, 1.807) is 10.6 Å². The summed E-state index contributed by atoms with van der Waals surface area (Å²) in [6.45, 7) is 12.0. The highest BCUT2D eigenvalue weighted by Crippen LogP contribution is 2.26. The van der Waals surface area contributed by atoms with Crippen molar-refractivity contribution in [2.24, 2.45) is 0 Å². The second-order valence-electron chi connectivity index (χ2n) is 11.0. The first-order valence-corrected chi connectivity index (χ1v) is 13.4. The molecule has 0 aliphatic carbocycles. The number of para-hydroxylation sites is 1. The molecule has 4 aromatic rings. The zero-order valence-corrected chi connectivity index (χ0v) is 24.0. The van der Waals surface area contributed by atoms with Crippen molar-refractivity contribution in [3.8, 4) is 5.69 Å². The Kier molecular flexibility index (Phi) is 8.32. The number of benzene rings is 2. The van der Waals surface area contributed by atoms with E-state index in [-0.39, 0.29) is 23.0 Å². The van der Waals surface area contributed by atoms with Gasteiger partial charge in [-0.25, -0.2) is 9.97 Å². The maximum Gasteiger partial charge on any atom is 0.266 e. The van der Waals surface area contributed by atoms with E-state index in [0.29, 0.717) is 47.6 Å². The number of fused-ring (bicyclic) bond motifs is 1. The quantitative estimate of drug-likeness (QED) is 0.218. The smallest absolute Gasteiger partial charge is 0.266 e. The highest BCUT2D eigenvalue weighted by atomic mass is 16.1. The topological polar surface area (TPSA) is 128 Å². The van der Waals surface area contributed by atoms with Gasteiger partial charge in [-0.2, -0.15) is 4.98 Å². The summed E-state index contributed by atoms with van der Waals surface area (Å²) < 4.78 is 1.70. The van der Waals surface area contributed by atoms with Crippen LogP contribution >= 0.6 is 0 Å². The SMILES string of the molecule is C/C(=C/C(=O)NC(C)(C)C)c1c(C)nc(N)nc1NCCCc1nc2cccc(C)c2c(=O)n1-c1ccccc1. The van der Waals surface area contributed by atoms with E-state index in [9.17, 15) is 9.59 Å². The van der Waals surface area contributed by atoms with Crippen LogP contribution in [-0.4, -0.2) is 37.5 Å². The summed E-state index contributed by atoms with van der Waals surface area (Å²) in [5, 5.41) is 6.94. The first-order valence-electron chi connectivity index (χ1n) is 13.4. The molecule has 0 bridgehead atoms. The molecule has 0 saturated heterocycles. The molecule has 1 amide bonds. The van der Waals surface area contributed by atoms with Gasteiger partial charge >= 0.3 is 0 Å². The number of hydrogen-bond donors (Lipinski definition) is 3. The standard InChI is InChI=1S/C31H37N7O2/c1-19-12-10-15-23-27(19)29(40)38(22-13-8-7-9-14-22)24(35-23)16-11-17-33-28-26(21(3)34-30(32)36-28)20(2)18-25(39)37-31(4,5)6/h7-10,12-15,18H,11,16-17H2,1-6H3,(H,37,39)(H3,32,33,34,36)/b20-18-. The summed E-state index contributed by atoms with van der Waals surface area (Å²) in [6.07, 6.45) is 2.78. The van der Waals surface area contributed by atoms with E-state index in [2.05, 4.69) is 20.6 Å². The van der Waals surface area contributed by atoms with Crippen molar-refractivity contribution >= 4 is 34.1 Å². The monoisotopic (exact) mass is 539 g/mol. The summed E-state index contributed by atoms with van der Waals surface area (Å²) in [7, 11) is 0. The normalized spacial score (nSPS) is 12.0. The van der Waals surface area contributed by atoms with E-state index in [1.165, 1.54) is 0 Å². The Morgan fingerprint density at radius 2 is 1.75 bits per heavy atom. The molecule has 2 heterocycles. The highest BCUT2D eigenvalue weighted by molar-refractivity contribution is 5.96. The fourth-order valence-electron chi connectivity index (χ4n) is 4.78. The number of hydrogen-bond acceptors (Lipinski definition) is 7. The first-order chi connectivity index (χ1) is 18.9. The van der Waals surface area contributed by atoms with Crippen molar-refractivity contribution < 1.29 is 4.79 Å². The van der Waals surface area contributed by atoms with Crippen LogP contribution in [0.5, 0.6) is 0 Å². The second-order valence-corrected chi connectivity index (χ2v) is 11.0. The third kappa shape index (κ3) is 6.54. The minimum Gasteiger partial charge on any atom is -0.369 e. The minimum absolute atomic E-state index is 0.0759. The van der Waals surface area contributed by atoms with Gasteiger partial charge < -0.3 is 16.4 Å². The Balaban J connectivity index is 1.59.